The molecule has 0 aliphatic carbocycles. The van der Waals surface area contributed by atoms with Crippen molar-refractivity contribution in [3.63, 3.8) is 0 Å². The van der Waals surface area contributed by atoms with Crippen molar-refractivity contribution in [3.05, 3.63) is 0 Å². The van der Waals surface area contributed by atoms with Crippen LogP contribution in [0.25, 0.3) is 0 Å². The highest BCUT2D eigenvalue weighted by Crippen LogP contribution is 1.92. The van der Waals surface area contributed by atoms with Gasteiger partial charge in [-0.1, -0.05) is 6.92 Å². The number of rotatable bonds is 8. The average molecular weight is 205 g/mol. The normalized spacial score (nSPS) is 13.6. The molecule has 0 saturated heterocycles. The molecule has 0 fully saturated rings. The molecule has 0 bridgehead atoms. The SMILES string of the molecule is CCO[SiH](CNC(C)CC)OCC. The highest BCUT2D eigenvalue weighted by atomic mass is 28.3. The summed E-state index contributed by atoms with van der Waals surface area (Å²) in [7, 11) is -1.41. The van der Waals surface area contributed by atoms with Gasteiger partial charge in [-0.2, -0.15) is 0 Å². The Bertz CT molecular complexity index is 108. The van der Waals surface area contributed by atoms with Crippen molar-refractivity contribution in [2.75, 3.05) is 19.4 Å². The lowest BCUT2D eigenvalue weighted by molar-refractivity contribution is 0.210. The third-order valence-electron chi connectivity index (χ3n) is 1.95. The summed E-state index contributed by atoms with van der Waals surface area (Å²) in [6, 6.07) is 0.566. The fraction of sp³-hybridized carbons (Fsp3) is 1.00. The largest absolute Gasteiger partial charge is 0.396 e. The monoisotopic (exact) mass is 205 g/mol. The van der Waals surface area contributed by atoms with Crippen molar-refractivity contribution in [1.29, 1.82) is 0 Å². The molecule has 0 spiro atoms. The zero-order chi connectivity index (χ0) is 10.1. The van der Waals surface area contributed by atoms with E-state index in [1.165, 1.54) is 0 Å². The van der Waals surface area contributed by atoms with E-state index >= 15 is 0 Å². The maximum Gasteiger partial charge on any atom is 0.335 e. The van der Waals surface area contributed by atoms with Gasteiger partial charge in [0.25, 0.3) is 0 Å². The van der Waals surface area contributed by atoms with Gasteiger partial charge in [0.05, 0.1) is 0 Å². The molecule has 1 atom stereocenters. The van der Waals surface area contributed by atoms with E-state index in [1.54, 1.807) is 0 Å². The lowest BCUT2D eigenvalue weighted by atomic mass is 10.3. The topological polar surface area (TPSA) is 30.5 Å². The van der Waals surface area contributed by atoms with Gasteiger partial charge >= 0.3 is 9.28 Å². The van der Waals surface area contributed by atoms with E-state index < -0.39 is 9.28 Å². The maximum absolute atomic E-state index is 5.53. The molecule has 0 rings (SSSR count). The van der Waals surface area contributed by atoms with Crippen molar-refractivity contribution in [1.82, 2.24) is 5.32 Å². The van der Waals surface area contributed by atoms with Crippen molar-refractivity contribution >= 4 is 9.28 Å². The second-order valence-electron chi connectivity index (χ2n) is 3.06. The first kappa shape index (κ1) is 13.1. The molecule has 0 aromatic carbocycles. The fourth-order valence-electron chi connectivity index (χ4n) is 0.979. The Labute approximate surface area is 83.7 Å². The van der Waals surface area contributed by atoms with Crippen LogP contribution in [0.3, 0.4) is 0 Å². The molecule has 4 heteroatoms. The predicted molar refractivity (Wildman–Crippen MR) is 58.2 cm³/mol. The quantitative estimate of drug-likeness (QED) is 0.604. The van der Waals surface area contributed by atoms with Gasteiger partial charge in [-0.3, -0.25) is 0 Å². The highest BCUT2D eigenvalue weighted by Gasteiger charge is 2.12. The lowest BCUT2D eigenvalue weighted by Crippen LogP contribution is -2.40. The smallest absolute Gasteiger partial charge is 0.335 e. The second kappa shape index (κ2) is 8.68. The first-order valence-corrected chi connectivity index (χ1v) is 6.97. The first-order valence-electron chi connectivity index (χ1n) is 5.21. The van der Waals surface area contributed by atoms with Gasteiger partial charge < -0.3 is 14.2 Å². The van der Waals surface area contributed by atoms with E-state index in [0.29, 0.717) is 6.04 Å². The maximum atomic E-state index is 5.53. The van der Waals surface area contributed by atoms with Crippen LogP contribution >= 0.6 is 0 Å². The molecule has 0 aliphatic heterocycles. The molecule has 13 heavy (non-hydrogen) atoms. The van der Waals surface area contributed by atoms with E-state index in [0.717, 1.165) is 25.8 Å². The van der Waals surface area contributed by atoms with E-state index in [1.807, 2.05) is 13.8 Å². The Hall–Kier alpha value is 0.0969. The number of hydrogen-bond acceptors (Lipinski definition) is 3. The molecule has 1 N–H and O–H groups in total. The summed E-state index contributed by atoms with van der Waals surface area (Å²) in [4.78, 5) is 0. The van der Waals surface area contributed by atoms with Gasteiger partial charge in [-0.05, 0) is 27.2 Å². The Morgan fingerprint density at radius 2 is 1.69 bits per heavy atom. The van der Waals surface area contributed by atoms with Crippen LogP contribution in [0.2, 0.25) is 0 Å². The van der Waals surface area contributed by atoms with Crippen molar-refractivity contribution in [2.45, 2.75) is 40.2 Å². The van der Waals surface area contributed by atoms with Crippen LogP contribution in [0, 0.1) is 0 Å². The fourth-order valence-corrected chi connectivity index (χ4v) is 2.65. The third-order valence-corrected chi connectivity index (χ3v) is 3.93. The van der Waals surface area contributed by atoms with Gasteiger partial charge in [-0.15, -0.1) is 0 Å². The van der Waals surface area contributed by atoms with Crippen LogP contribution in [-0.2, 0) is 8.85 Å². The zero-order valence-corrected chi connectivity index (χ0v) is 10.5. The van der Waals surface area contributed by atoms with Crippen molar-refractivity contribution < 1.29 is 8.85 Å². The van der Waals surface area contributed by atoms with Crippen LogP contribution in [0.5, 0.6) is 0 Å². The van der Waals surface area contributed by atoms with E-state index in [-0.39, 0.29) is 0 Å². The Morgan fingerprint density at radius 3 is 2.08 bits per heavy atom. The van der Waals surface area contributed by atoms with Crippen LogP contribution in [0.4, 0.5) is 0 Å². The highest BCUT2D eigenvalue weighted by molar-refractivity contribution is 6.44. The van der Waals surface area contributed by atoms with Crippen molar-refractivity contribution in [3.8, 4) is 0 Å². The summed E-state index contributed by atoms with van der Waals surface area (Å²) in [5.74, 6) is 0. The molecular formula is C9H23NO2Si. The number of hydrogen-bond donors (Lipinski definition) is 1. The summed E-state index contributed by atoms with van der Waals surface area (Å²) in [5.41, 5.74) is 0. The van der Waals surface area contributed by atoms with Gasteiger partial charge in [0.2, 0.25) is 0 Å². The minimum absolute atomic E-state index is 0.566. The van der Waals surface area contributed by atoms with E-state index in [4.69, 9.17) is 8.85 Å². The molecule has 80 valence electrons. The number of nitrogens with one attached hydrogen (secondary N) is 1. The summed E-state index contributed by atoms with van der Waals surface area (Å²) in [6.07, 6.45) is 2.07. The van der Waals surface area contributed by atoms with Crippen LogP contribution in [0.1, 0.15) is 34.1 Å². The van der Waals surface area contributed by atoms with Crippen molar-refractivity contribution in [2.24, 2.45) is 0 Å². The van der Waals surface area contributed by atoms with Crippen LogP contribution < -0.4 is 5.32 Å². The van der Waals surface area contributed by atoms with Gasteiger partial charge in [-0.25, -0.2) is 0 Å². The summed E-state index contributed by atoms with van der Waals surface area (Å²) in [5, 5.41) is 3.41. The van der Waals surface area contributed by atoms with Crippen LogP contribution in [-0.4, -0.2) is 34.7 Å². The molecule has 0 amide bonds. The Balaban J connectivity index is 3.55. The van der Waals surface area contributed by atoms with Gasteiger partial charge in [0.15, 0.2) is 0 Å². The Kier molecular flexibility index (Phi) is 8.75. The summed E-state index contributed by atoms with van der Waals surface area (Å²) < 4.78 is 11.1. The minimum Gasteiger partial charge on any atom is -0.396 e. The zero-order valence-electron chi connectivity index (χ0n) is 9.30. The molecule has 3 nitrogen and oxygen atoms in total. The average Bonchev–Trinajstić information content (AvgIpc) is 2.14. The van der Waals surface area contributed by atoms with Crippen LogP contribution in [0.15, 0.2) is 0 Å². The molecule has 0 saturated carbocycles. The van der Waals surface area contributed by atoms with E-state index in [2.05, 4.69) is 19.2 Å². The molecule has 1 unspecified atom stereocenters. The predicted octanol–water partition coefficient (Wildman–Crippen LogP) is 1.21. The molecule has 0 aliphatic rings. The Morgan fingerprint density at radius 1 is 1.15 bits per heavy atom. The molecule has 0 aromatic rings. The van der Waals surface area contributed by atoms with E-state index in [9.17, 15) is 0 Å². The third kappa shape index (κ3) is 7.19. The first-order chi connectivity index (χ1) is 6.24. The summed E-state index contributed by atoms with van der Waals surface area (Å²) in [6.45, 7) is 9.92. The van der Waals surface area contributed by atoms with Gasteiger partial charge in [0, 0.05) is 25.4 Å². The molecular weight excluding hydrogens is 182 g/mol. The lowest BCUT2D eigenvalue weighted by Gasteiger charge is -2.18. The minimum atomic E-state index is -1.41. The molecule has 0 radical (unpaired) electrons. The molecule has 0 heterocycles. The van der Waals surface area contributed by atoms with Gasteiger partial charge in [0.1, 0.15) is 0 Å². The second-order valence-corrected chi connectivity index (χ2v) is 4.99. The molecule has 0 aromatic heterocycles. The summed E-state index contributed by atoms with van der Waals surface area (Å²) >= 11 is 0. The standard InChI is InChI=1S/C9H23NO2Si/c1-5-9(4)10-8-13(11-6-2)12-7-3/h9-10,13H,5-8H2,1-4H3.